The fourth-order valence-corrected chi connectivity index (χ4v) is 4.66. The van der Waals surface area contributed by atoms with E-state index < -0.39 is 0 Å². The largest absolute Gasteiger partial charge is 0.386 e. The van der Waals surface area contributed by atoms with Gasteiger partial charge < -0.3 is 16.0 Å². The van der Waals surface area contributed by atoms with Gasteiger partial charge in [0.05, 0.1) is 35.2 Å². The second-order valence-corrected chi connectivity index (χ2v) is 9.40. The van der Waals surface area contributed by atoms with Crippen molar-refractivity contribution >= 4 is 29.4 Å². The monoisotopic (exact) mass is 504 g/mol. The Morgan fingerprint density at radius 3 is 2.69 bits per heavy atom. The summed E-state index contributed by atoms with van der Waals surface area (Å²) in [5.74, 6) is -0.403. The summed E-state index contributed by atoms with van der Waals surface area (Å²) in [5, 5.41) is 14.4. The molecule has 3 heterocycles. The number of hydrogen-bond donors (Lipinski definition) is 3. The molecule has 2 atom stereocenters. The smallest absolute Gasteiger partial charge is 0.254 e. The van der Waals surface area contributed by atoms with E-state index in [2.05, 4.69) is 20.6 Å². The van der Waals surface area contributed by atoms with Crippen molar-refractivity contribution in [2.45, 2.75) is 39.2 Å². The molecule has 0 saturated carbocycles. The van der Waals surface area contributed by atoms with Crippen LogP contribution in [0.3, 0.4) is 0 Å². The normalized spacial score (nSPS) is 20.6. The van der Waals surface area contributed by atoms with E-state index in [1.54, 1.807) is 24.1 Å². The Balaban J connectivity index is 1.82. The van der Waals surface area contributed by atoms with Crippen molar-refractivity contribution in [1.29, 1.82) is 5.41 Å². The summed E-state index contributed by atoms with van der Waals surface area (Å²) in [7, 11) is 1.74. The lowest BCUT2D eigenvalue weighted by Gasteiger charge is -2.23. The van der Waals surface area contributed by atoms with Crippen LogP contribution in [-0.2, 0) is 4.79 Å². The van der Waals surface area contributed by atoms with Gasteiger partial charge >= 0.3 is 0 Å². The topological polar surface area (TPSA) is 113 Å². The third-order valence-electron chi connectivity index (χ3n) is 6.54. The Morgan fingerprint density at radius 2 is 1.97 bits per heavy atom. The van der Waals surface area contributed by atoms with Gasteiger partial charge in [-0.2, -0.15) is 0 Å². The van der Waals surface area contributed by atoms with Crippen LogP contribution >= 0.6 is 11.6 Å². The van der Waals surface area contributed by atoms with Crippen molar-refractivity contribution in [2.75, 3.05) is 7.05 Å². The van der Waals surface area contributed by atoms with Gasteiger partial charge in [-0.05, 0) is 49.6 Å². The second kappa shape index (κ2) is 10.9. The summed E-state index contributed by atoms with van der Waals surface area (Å²) < 4.78 is 1.60. The van der Waals surface area contributed by atoms with Crippen LogP contribution in [0.25, 0.3) is 17.0 Å². The molecule has 0 saturated heterocycles. The van der Waals surface area contributed by atoms with Crippen LogP contribution in [0.5, 0.6) is 0 Å². The first-order valence-corrected chi connectivity index (χ1v) is 12.2. The molecule has 0 aliphatic carbocycles. The highest BCUT2D eigenvalue weighted by atomic mass is 35.5. The fraction of sp³-hybridized carbons (Fsp3) is 0.296. The van der Waals surface area contributed by atoms with Crippen molar-refractivity contribution in [3.05, 3.63) is 86.8 Å². The quantitative estimate of drug-likeness (QED) is 0.458. The first-order chi connectivity index (χ1) is 17.3. The highest BCUT2D eigenvalue weighted by molar-refractivity contribution is 6.30. The molecule has 2 aromatic heterocycles. The van der Waals surface area contributed by atoms with Gasteiger partial charge in [0.25, 0.3) is 5.56 Å². The summed E-state index contributed by atoms with van der Waals surface area (Å²) >= 11 is 6.18. The molecule has 0 spiro atoms. The van der Waals surface area contributed by atoms with Crippen molar-refractivity contribution < 1.29 is 4.79 Å². The van der Waals surface area contributed by atoms with E-state index >= 15 is 0 Å². The molecule has 3 N–H and O–H groups in total. The van der Waals surface area contributed by atoms with E-state index in [1.807, 2.05) is 44.2 Å². The molecule has 186 valence electrons. The molecule has 1 amide bonds. The van der Waals surface area contributed by atoms with Crippen molar-refractivity contribution in [1.82, 2.24) is 25.2 Å². The van der Waals surface area contributed by atoms with E-state index in [0.717, 1.165) is 22.9 Å². The zero-order valence-electron chi connectivity index (χ0n) is 20.5. The van der Waals surface area contributed by atoms with Crippen LogP contribution < -0.4 is 16.2 Å². The third-order valence-corrected chi connectivity index (χ3v) is 6.78. The minimum Gasteiger partial charge on any atom is -0.386 e. The van der Waals surface area contributed by atoms with Crippen molar-refractivity contribution in [3.8, 4) is 11.3 Å². The first-order valence-electron chi connectivity index (χ1n) is 11.9. The fourth-order valence-electron chi connectivity index (χ4n) is 4.49. The summed E-state index contributed by atoms with van der Waals surface area (Å²) in [5.41, 5.74) is 4.60. The molecule has 1 aromatic carbocycles. The van der Waals surface area contributed by atoms with Gasteiger partial charge in [-0.15, -0.1) is 0 Å². The number of nitrogens with one attached hydrogen (secondary N) is 3. The summed E-state index contributed by atoms with van der Waals surface area (Å²) in [4.78, 5) is 35.3. The number of amides is 1. The molecule has 2 unspecified atom stereocenters. The van der Waals surface area contributed by atoms with Gasteiger partial charge in [-0.1, -0.05) is 31.0 Å². The number of rotatable bonds is 4. The van der Waals surface area contributed by atoms with Crippen LogP contribution in [0, 0.1) is 18.3 Å². The zero-order chi connectivity index (χ0) is 25.8. The van der Waals surface area contributed by atoms with E-state index in [0.29, 0.717) is 47.1 Å². The van der Waals surface area contributed by atoms with Gasteiger partial charge in [0.1, 0.15) is 0 Å². The van der Waals surface area contributed by atoms with Crippen LogP contribution in [-0.4, -0.2) is 33.7 Å². The molecular weight excluding hydrogens is 476 g/mol. The lowest BCUT2D eigenvalue weighted by Crippen LogP contribution is -2.32. The van der Waals surface area contributed by atoms with Crippen molar-refractivity contribution in [2.24, 2.45) is 5.92 Å². The van der Waals surface area contributed by atoms with Crippen LogP contribution in [0.1, 0.15) is 49.0 Å². The number of fused-ring (bicyclic) bond motifs is 2. The number of pyridine rings is 1. The average molecular weight is 505 g/mol. The first kappa shape index (κ1) is 25.3. The minimum absolute atomic E-state index is 0.146. The lowest BCUT2D eigenvalue weighted by atomic mass is 9.96. The Labute approximate surface area is 215 Å². The molecule has 1 aliphatic rings. The standard InChI is InChI=1S/C27H29ClN6O2/c1-16-7-8-19(28)12-20(16)21-13-25(35)34(15-32-21)24-6-4-5-17(2)27(36)33-23(14-29)26(30-3)18-9-10-31-22(24)11-18/h7-15,17,24,29-30H,4-6H2,1-3H3,(H,33,36)/b26-23+,29-14?. The number of carbonyl (C=O) groups excluding carboxylic acids is 1. The highest BCUT2D eigenvalue weighted by Gasteiger charge is 2.23. The van der Waals surface area contributed by atoms with E-state index in [9.17, 15) is 9.59 Å². The summed E-state index contributed by atoms with van der Waals surface area (Å²) in [6, 6.07) is 10.4. The Kier molecular flexibility index (Phi) is 7.64. The Morgan fingerprint density at radius 1 is 1.17 bits per heavy atom. The average Bonchev–Trinajstić information content (AvgIpc) is 2.87. The Bertz CT molecular complexity index is 1400. The van der Waals surface area contributed by atoms with Gasteiger partial charge in [-0.25, -0.2) is 4.98 Å². The molecule has 8 nitrogen and oxygen atoms in total. The maximum absolute atomic E-state index is 13.4. The van der Waals surface area contributed by atoms with Crippen LogP contribution in [0.15, 0.2) is 59.4 Å². The Hall–Kier alpha value is -3.78. The minimum atomic E-state index is -0.365. The molecule has 0 radical (unpaired) electrons. The van der Waals surface area contributed by atoms with E-state index in [1.165, 1.54) is 6.07 Å². The van der Waals surface area contributed by atoms with Gasteiger partial charge in [0.2, 0.25) is 5.91 Å². The number of carbonyl (C=O) groups is 1. The number of nitrogens with zero attached hydrogens (tertiary/aromatic N) is 3. The van der Waals surface area contributed by atoms with E-state index in [4.69, 9.17) is 17.0 Å². The van der Waals surface area contributed by atoms with Gasteiger partial charge in [-0.3, -0.25) is 19.1 Å². The lowest BCUT2D eigenvalue weighted by molar-refractivity contribution is -0.123. The SMILES string of the molecule is CN/C1=C(\C=N)NC(=O)C(C)CCCC(n2cnc(-c3cc(Cl)ccc3C)cc2=O)c2cc1ccn2. The molecule has 36 heavy (non-hydrogen) atoms. The molecule has 2 bridgehead atoms. The highest BCUT2D eigenvalue weighted by Crippen LogP contribution is 2.28. The second-order valence-electron chi connectivity index (χ2n) is 8.97. The molecule has 1 aliphatic heterocycles. The summed E-state index contributed by atoms with van der Waals surface area (Å²) in [6.45, 7) is 3.82. The van der Waals surface area contributed by atoms with Crippen molar-refractivity contribution in [3.63, 3.8) is 0 Å². The number of hydrogen-bond acceptors (Lipinski definition) is 6. The number of benzene rings is 1. The number of halogens is 1. The van der Waals surface area contributed by atoms with Gasteiger partial charge in [0, 0.05) is 47.6 Å². The predicted molar refractivity (Wildman–Crippen MR) is 142 cm³/mol. The van der Waals surface area contributed by atoms with Crippen LogP contribution in [0.2, 0.25) is 5.02 Å². The number of aromatic nitrogens is 3. The maximum Gasteiger partial charge on any atom is 0.254 e. The van der Waals surface area contributed by atoms with E-state index in [-0.39, 0.29) is 23.4 Å². The third kappa shape index (κ3) is 5.23. The molecule has 3 aromatic rings. The number of allylic oxidation sites excluding steroid dienone is 1. The molecular formula is C27H29ClN6O2. The molecule has 4 rings (SSSR count). The molecule has 0 fully saturated rings. The zero-order valence-corrected chi connectivity index (χ0v) is 21.3. The number of aryl methyl sites for hydroxylation is 1. The summed E-state index contributed by atoms with van der Waals surface area (Å²) in [6.07, 6.45) is 6.32. The maximum atomic E-state index is 13.4. The van der Waals surface area contributed by atoms with Crippen LogP contribution in [0.4, 0.5) is 0 Å². The molecule has 9 heteroatoms. The van der Waals surface area contributed by atoms with Gasteiger partial charge in [0.15, 0.2) is 0 Å². The predicted octanol–water partition coefficient (Wildman–Crippen LogP) is 4.33.